The quantitative estimate of drug-likeness (QED) is 0.452. The van der Waals surface area contributed by atoms with Gasteiger partial charge in [-0.2, -0.15) is 4.98 Å². The van der Waals surface area contributed by atoms with E-state index in [2.05, 4.69) is 25.3 Å². The minimum absolute atomic E-state index is 0.155. The summed E-state index contributed by atoms with van der Waals surface area (Å²) >= 11 is 0. The van der Waals surface area contributed by atoms with Crippen molar-refractivity contribution in [3.63, 3.8) is 0 Å². The molecular formula is C24H26F3N5O2. The number of nitrogens with one attached hydrogen (secondary N) is 2. The van der Waals surface area contributed by atoms with Crippen LogP contribution in [0.15, 0.2) is 42.5 Å². The fourth-order valence-corrected chi connectivity index (χ4v) is 4.51. The molecule has 0 spiro atoms. The van der Waals surface area contributed by atoms with Gasteiger partial charge in [0.05, 0.1) is 11.1 Å². The first-order valence-corrected chi connectivity index (χ1v) is 11.1. The summed E-state index contributed by atoms with van der Waals surface area (Å²) in [4.78, 5) is 20.8. The molecule has 3 aromatic rings. The highest BCUT2D eigenvalue weighted by Crippen LogP contribution is 2.35. The molecule has 1 heterocycles. The number of nitrogens with zero attached hydrogens (tertiary/aromatic N) is 2. The Bertz CT molecular complexity index is 1180. The van der Waals surface area contributed by atoms with E-state index in [1.165, 1.54) is 12.1 Å². The molecule has 1 aliphatic rings. The molecule has 1 aromatic heterocycles. The first kappa shape index (κ1) is 23.6. The zero-order valence-electron chi connectivity index (χ0n) is 18.7. The number of ether oxygens (including phenoxy) is 1. The van der Waals surface area contributed by atoms with E-state index in [-0.39, 0.29) is 17.5 Å². The Balaban J connectivity index is 1.43. The van der Waals surface area contributed by atoms with Crippen LogP contribution >= 0.6 is 0 Å². The van der Waals surface area contributed by atoms with E-state index >= 15 is 0 Å². The number of rotatable bonds is 7. The van der Waals surface area contributed by atoms with Crippen LogP contribution in [-0.4, -0.2) is 35.3 Å². The molecule has 4 rings (SSSR count). The van der Waals surface area contributed by atoms with Gasteiger partial charge in [0.2, 0.25) is 5.95 Å². The van der Waals surface area contributed by atoms with Crippen LogP contribution in [0.4, 0.5) is 24.9 Å². The number of halogens is 3. The minimum Gasteiger partial charge on any atom is -0.405 e. The number of aromatic nitrogens is 2. The zero-order chi connectivity index (χ0) is 24.3. The molecule has 1 aliphatic carbocycles. The summed E-state index contributed by atoms with van der Waals surface area (Å²) in [6, 6.07) is 12.2. The predicted octanol–water partition coefficient (Wildman–Crippen LogP) is 4.88. The van der Waals surface area contributed by atoms with Crippen molar-refractivity contribution in [1.82, 2.24) is 9.97 Å². The van der Waals surface area contributed by atoms with Crippen molar-refractivity contribution in [1.29, 1.82) is 0 Å². The summed E-state index contributed by atoms with van der Waals surface area (Å²) in [5.41, 5.74) is 6.18. The number of benzene rings is 2. The molecule has 1 amide bonds. The molecule has 1 saturated carbocycles. The van der Waals surface area contributed by atoms with Gasteiger partial charge in [-0.1, -0.05) is 24.3 Å². The SMILES string of the molecule is CNc1nc(NC2CCC(Cc3cccc(C(N)=O)c3OC(F)(F)F)CC2)nc2ccccc12. The largest absolute Gasteiger partial charge is 0.573 e. The highest BCUT2D eigenvalue weighted by molar-refractivity contribution is 5.96. The third-order valence-corrected chi connectivity index (χ3v) is 6.11. The number of anilines is 2. The van der Waals surface area contributed by atoms with Gasteiger partial charge >= 0.3 is 6.36 Å². The minimum atomic E-state index is -4.91. The maximum absolute atomic E-state index is 13.0. The summed E-state index contributed by atoms with van der Waals surface area (Å²) < 4.78 is 43.1. The Hall–Kier alpha value is -3.56. The number of para-hydroxylation sites is 2. The van der Waals surface area contributed by atoms with Gasteiger partial charge in [-0.15, -0.1) is 13.2 Å². The lowest BCUT2D eigenvalue weighted by molar-refractivity contribution is -0.275. The van der Waals surface area contributed by atoms with Crippen LogP contribution in [0.25, 0.3) is 10.9 Å². The van der Waals surface area contributed by atoms with Crippen LogP contribution in [0, 0.1) is 5.92 Å². The monoisotopic (exact) mass is 473 g/mol. The smallest absolute Gasteiger partial charge is 0.405 e. The van der Waals surface area contributed by atoms with Gasteiger partial charge < -0.3 is 21.1 Å². The van der Waals surface area contributed by atoms with Crippen LogP contribution in [0.2, 0.25) is 0 Å². The first-order chi connectivity index (χ1) is 16.2. The third kappa shape index (κ3) is 5.49. The van der Waals surface area contributed by atoms with Crippen molar-refractivity contribution in [3.8, 4) is 5.75 Å². The number of primary amides is 1. The molecule has 0 unspecified atom stereocenters. The second-order valence-electron chi connectivity index (χ2n) is 8.43. The van der Waals surface area contributed by atoms with E-state index in [4.69, 9.17) is 5.73 Å². The van der Waals surface area contributed by atoms with Crippen LogP contribution < -0.4 is 21.1 Å². The summed E-state index contributed by atoms with van der Waals surface area (Å²) in [5, 5.41) is 7.44. The topological polar surface area (TPSA) is 102 Å². The van der Waals surface area contributed by atoms with Crippen LogP contribution in [0.5, 0.6) is 5.75 Å². The number of fused-ring (bicyclic) bond motifs is 1. The summed E-state index contributed by atoms with van der Waals surface area (Å²) in [6.07, 6.45) is -1.29. The average molecular weight is 473 g/mol. The lowest BCUT2D eigenvalue weighted by Crippen LogP contribution is -2.28. The second kappa shape index (κ2) is 9.74. The molecule has 0 bridgehead atoms. The Kier molecular flexibility index (Phi) is 6.76. The number of alkyl halides is 3. The van der Waals surface area contributed by atoms with Crippen LogP contribution in [0.1, 0.15) is 41.6 Å². The highest BCUT2D eigenvalue weighted by Gasteiger charge is 2.34. The molecule has 0 saturated heterocycles. The molecule has 7 nitrogen and oxygen atoms in total. The van der Waals surface area contributed by atoms with E-state index < -0.39 is 18.0 Å². The number of hydrogen-bond donors (Lipinski definition) is 3. The predicted molar refractivity (Wildman–Crippen MR) is 124 cm³/mol. The maximum atomic E-state index is 13.0. The molecule has 0 aliphatic heterocycles. The van der Waals surface area contributed by atoms with Crippen molar-refractivity contribution in [2.75, 3.05) is 17.7 Å². The van der Waals surface area contributed by atoms with Crippen molar-refractivity contribution in [2.45, 2.75) is 44.5 Å². The van der Waals surface area contributed by atoms with E-state index in [0.29, 0.717) is 17.9 Å². The van der Waals surface area contributed by atoms with Gasteiger partial charge in [0.15, 0.2) is 0 Å². The highest BCUT2D eigenvalue weighted by atomic mass is 19.4. The van der Waals surface area contributed by atoms with Crippen molar-refractivity contribution >= 4 is 28.6 Å². The van der Waals surface area contributed by atoms with E-state index in [0.717, 1.165) is 42.4 Å². The van der Waals surface area contributed by atoms with Gasteiger partial charge in [-0.3, -0.25) is 4.79 Å². The molecule has 2 aromatic carbocycles. The zero-order valence-corrected chi connectivity index (χ0v) is 18.7. The number of hydrogen-bond acceptors (Lipinski definition) is 6. The Morgan fingerprint density at radius 2 is 1.82 bits per heavy atom. The first-order valence-electron chi connectivity index (χ1n) is 11.1. The van der Waals surface area contributed by atoms with E-state index in [9.17, 15) is 18.0 Å². The Morgan fingerprint density at radius 3 is 2.50 bits per heavy atom. The Labute approximate surface area is 194 Å². The van der Waals surface area contributed by atoms with Crippen molar-refractivity contribution in [3.05, 3.63) is 53.6 Å². The molecule has 180 valence electrons. The van der Waals surface area contributed by atoms with Crippen LogP contribution in [-0.2, 0) is 6.42 Å². The molecule has 4 N–H and O–H groups in total. The fraction of sp³-hybridized carbons (Fsp3) is 0.375. The summed E-state index contributed by atoms with van der Waals surface area (Å²) in [6.45, 7) is 0. The summed E-state index contributed by atoms with van der Waals surface area (Å²) in [7, 11) is 1.81. The fourth-order valence-electron chi connectivity index (χ4n) is 4.51. The summed E-state index contributed by atoms with van der Waals surface area (Å²) in [5.74, 6) is -0.00535. The average Bonchev–Trinajstić information content (AvgIpc) is 2.79. The number of carbonyl (C=O) groups excluding carboxylic acids is 1. The maximum Gasteiger partial charge on any atom is 0.573 e. The third-order valence-electron chi connectivity index (χ3n) is 6.11. The van der Waals surface area contributed by atoms with Crippen LogP contribution in [0.3, 0.4) is 0 Å². The van der Waals surface area contributed by atoms with Gasteiger partial charge in [-0.25, -0.2) is 4.98 Å². The van der Waals surface area contributed by atoms with Crippen molar-refractivity contribution < 1.29 is 22.7 Å². The van der Waals surface area contributed by atoms with Gasteiger partial charge in [0, 0.05) is 18.5 Å². The van der Waals surface area contributed by atoms with Gasteiger partial charge in [0.1, 0.15) is 11.6 Å². The molecule has 0 radical (unpaired) electrons. The molecule has 34 heavy (non-hydrogen) atoms. The number of carbonyl (C=O) groups is 1. The second-order valence-corrected chi connectivity index (χ2v) is 8.43. The molecular weight excluding hydrogens is 447 g/mol. The lowest BCUT2D eigenvalue weighted by Gasteiger charge is -2.30. The normalized spacial score (nSPS) is 18.5. The number of nitrogens with two attached hydrogens (primary N) is 1. The van der Waals surface area contributed by atoms with E-state index in [1.807, 2.05) is 31.3 Å². The molecule has 1 fully saturated rings. The lowest BCUT2D eigenvalue weighted by atomic mass is 9.82. The number of amides is 1. The van der Waals surface area contributed by atoms with Gasteiger partial charge in [-0.05, 0) is 61.8 Å². The van der Waals surface area contributed by atoms with Crippen molar-refractivity contribution in [2.24, 2.45) is 11.7 Å². The molecule has 0 atom stereocenters. The molecule has 10 heteroatoms. The van der Waals surface area contributed by atoms with E-state index in [1.54, 1.807) is 6.07 Å². The Morgan fingerprint density at radius 1 is 1.09 bits per heavy atom. The van der Waals surface area contributed by atoms with Gasteiger partial charge in [0.25, 0.3) is 5.91 Å². The standard InChI is InChI=1S/C24H26F3N5O2/c1-29-22-17-6-2-3-8-19(17)31-23(32-22)30-16-11-9-14(10-12-16)13-15-5-4-7-18(21(28)33)20(15)34-24(25,26)27/h2-8,14,16H,9-13H2,1H3,(H2,28,33)(H2,29,30,31,32).